The fourth-order valence-electron chi connectivity index (χ4n) is 2.67. The van der Waals surface area contributed by atoms with Crippen LogP contribution in [0.25, 0.3) is 0 Å². The van der Waals surface area contributed by atoms with Crippen LogP contribution in [0.2, 0.25) is 0 Å². The van der Waals surface area contributed by atoms with Gasteiger partial charge in [-0.15, -0.1) is 0 Å². The quantitative estimate of drug-likeness (QED) is 0.564. The van der Waals surface area contributed by atoms with Gasteiger partial charge in [0.2, 0.25) is 5.09 Å². The summed E-state index contributed by atoms with van der Waals surface area (Å²) < 4.78 is 32.6. The van der Waals surface area contributed by atoms with Crippen LogP contribution >= 0.6 is 0 Å². The highest BCUT2D eigenvalue weighted by Gasteiger charge is 2.28. The highest BCUT2D eigenvalue weighted by Crippen LogP contribution is 2.21. The van der Waals surface area contributed by atoms with Gasteiger partial charge >= 0.3 is 0 Å². The van der Waals surface area contributed by atoms with E-state index in [1.165, 1.54) is 12.1 Å². The van der Waals surface area contributed by atoms with Crippen LogP contribution in [0.15, 0.2) is 52.0 Å². The third-order valence-corrected chi connectivity index (χ3v) is 5.42. The van der Waals surface area contributed by atoms with Crippen LogP contribution in [0.5, 0.6) is 0 Å². The zero-order valence-electron chi connectivity index (χ0n) is 16.6. The number of nitrogens with zero attached hydrogens (tertiary/aromatic N) is 2. The number of hydrogen-bond acceptors (Lipinski definition) is 6. The second-order valence-electron chi connectivity index (χ2n) is 7.57. The third-order valence-electron chi connectivity index (χ3n) is 3.79. The first-order valence-electron chi connectivity index (χ1n) is 8.94. The van der Waals surface area contributed by atoms with Crippen LogP contribution in [-0.2, 0) is 10.0 Å². The van der Waals surface area contributed by atoms with E-state index >= 15 is 0 Å². The average Bonchev–Trinajstić information content (AvgIpc) is 3.28. The normalized spacial score (nSPS) is 13.2. The van der Waals surface area contributed by atoms with Crippen molar-refractivity contribution in [1.29, 1.82) is 0 Å². The van der Waals surface area contributed by atoms with Crippen molar-refractivity contribution in [2.45, 2.75) is 44.4 Å². The van der Waals surface area contributed by atoms with E-state index in [0.29, 0.717) is 11.6 Å². The van der Waals surface area contributed by atoms with Gasteiger partial charge in [0, 0.05) is 5.54 Å². The van der Waals surface area contributed by atoms with Crippen molar-refractivity contribution in [3.63, 3.8) is 0 Å². The van der Waals surface area contributed by atoms with E-state index in [1.54, 1.807) is 27.7 Å². The number of aromatic amines is 1. The summed E-state index contributed by atoms with van der Waals surface area (Å²) in [5, 5.41) is 9.36. The number of carbonyl (C=O) groups excluding carboxylic acids is 1. The molecule has 0 aliphatic rings. The molecule has 2 heterocycles. The summed E-state index contributed by atoms with van der Waals surface area (Å²) in [5.41, 5.74) is 0.0873. The lowest BCUT2D eigenvalue weighted by Gasteiger charge is -2.19. The van der Waals surface area contributed by atoms with Gasteiger partial charge < -0.3 is 9.73 Å². The molecule has 1 aromatic carbocycles. The Morgan fingerprint density at radius 3 is 2.41 bits per heavy atom. The molecule has 0 spiro atoms. The van der Waals surface area contributed by atoms with E-state index in [4.69, 9.17) is 4.42 Å². The largest absolute Gasteiger partial charge is 0.438 e. The first-order chi connectivity index (χ1) is 13.5. The molecular formula is C19H23N5O4S. The molecule has 3 aromatic rings. The number of benzene rings is 1. The molecule has 0 aliphatic heterocycles. The molecule has 0 aliphatic carbocycles. The van der Waals surface area contributed by atoms with Gasteiger partial charge in [0.15, 0.2) is 11.6 Å². The zero-order valence-corrected chi connectivity index (χ0v) is 17.4. The summed E-state index contributed by atoms with van der Waals surface area (Å²) in [7, 11) is -3.89. The van der Waals surface area contributed by atoms with Gasteiger partial charge in [0.25, 0.3) is 15.9 Å². The van der Waals surface area contributed by atoms with Crippen LogP contribution in [0.1, 0.15) is 54.6 Å². The van der Waals surface area contributed by atoms with E-state index < -0.39 is 27.5 Å². The van der Waals surface area contributed by atoms with E-state index in [1.807, 2.05) is 30.3 Å². The molecule has 1 unspecified atom stereocenters. The summed E-state index contributed by atoms with van der Waals surface area (Å²) in [4.78, 5) is 17.0. The van der Waals surface area contributed by atoms with Gasteiger partial charge in [0.1, 0.15) is 11.9 Å². The maximum atomic E-state index is 12.7. The number of amides is 1. The van der Waals surface area contributed by atoms with Crippen LogP contribution in [-0.4, -0.2) is 35.0 Å². The molecule has 0 fully saturated rings. The summed E-state index contributed by atoms with van der Waals surface area (Å²) >= 11 is 0. The molecule has 1 amide bonds. The van der Waals surface area contributed by atoms with Gasteiger partial charge in [-0.3, -0.25) is 9.89 Å². The fourth-order valence-corrected chi connectivity index (χ4v) is 4.03. The molecule has 0 bridgehead atoms. The van der Waals surface area contributed by atoms with E-state index in [0.717, 1.165) is 5.56 Å². The predicted octanol–water partition coefficient (Wildman–Crippen LogP) is 2.30. The minimum Gasteiger partial charge on any atom is -0.438 e. The number of aromatic nitrogens is 3. The Morgan fingerprint density at radius 1 is 1.14 bits per heavy atom. The second kappa shape index (κ2) is 7.80. The van der Waals surface area contributed by atoms with Crippen molar-refractivity contribution < 1.29 is 17.6 Å². The lowest BCUT2D eigenvalue weighted by Crippen LogP contribution is -2.40. The standard InChI is InChI=1S/C19H23N5O4S/c1-12-20-17(23-22-12)16(13-8-6-5-7-9-13)21-18(25)14-10-11-15(28-14)29(26,27)24-19(2,3)4/h5-11,16,24H,1-4H3,(H,21,25)(H,20,22,23). The van der Waals surface area contributed by atoms with Crippen LogP contribution in [0.3, 0.4) is 0 Å². The summed E-state index contributed by atoms with van der Waals surface area (Å²) in [6.45, 7) is 6.89. The molecule has 2 aromatic heterocycles. The van der Waals surface area contributed by atoms with Crippen LogP contribution in [0.4, 0.5) is 0 Å². The van der Waals surface area contributed by atoms with Crippen molar-refractivity contribution in [3.05, 3.63) is 65.4 Å². The number of carbonyl (C=O) groups is 1. The number of hydrogen-bond donors (Lipinski definition) is 3. The van der Waals surface area contributed by atoms with Crippen LogP contribution in [0, 0.1) is 6.92 Å². The Bertz CT molecular complexity index is 1100. The van der Waals surface area contributed by atoms with Gasteiger partial charge in [-0.1, -0.05) is 30.3 Å². The predicted molar refractivity (Wildman–Crippen MR) is 106 cm³/mol. The highest BCUT2D eigenvalue weighted by atomic mass is 32.2. The SMILES string of the molecule is Cc1nc(C(NC(=O)c2ccc(S(=O)(=O)NC(C)(C)C)o2)c2ccccc2)n[nH]1. The van der Waals surface area contributed by atoms with Gasteiger partial charge in [0.05, 0.1) is 0 Å². The minimum atomic E-state index is -3.89. The molecule has 0 radical (unpaired) electrons. The minimum absolute atomic E-state index is 0.132. The zero-order chi connectivity index (χ0) is 21.2. The number of H-pyrrole nitrogens is 1. The molecule has 1 atom stereocenters. The number of rotatable bonds is 6. The van der Waals surface area contributed by atoms with Gasteiger partial charge in [-0.2, -0.15) is 5.10 Å². The molecule has 3 N–H and O–H groups in total. The number of furan rings is 1. The molecule has 3 rings (SSSR count). The molecular weight excluding hydrogens is 394 g/mol. The Hall–Kier alpha value is -2.98. The maximum Gasteiger partial charge on any atom is 0.287 e. The van der Waals surface area contributed by atoms with Crippen molar-refractivity contribution in [3.8, 4) is 0 Å². The second-order valence-corrected chi connectivity index (χ2v) is 9.18. The van der Waals surface area contributed by atoms with Gasteiger partial charge in [-0.05, 0) is 45.4 Å². The number of sulfonamides is 1. The van der Waals surface area contributed by atoms with Crippen molar-refractivity contribution in [2.24, 2.45) is 0 Å². The lowest BCUT2D eigenvalue weighted by atomic mass is 10.1. The maximum absolute atomic E-state index is 12.7. The summed E-state index contributed by atoms with van der Waals surface area (Å²) in [5.74, 6) is 0.275. The summed E-state index contributed by atoms with van der Waals surface area (Å²) in [6.07, 6.45) is 0. The molecule has 29 heavy (non-hydrogen) atoms. The van der Waals surface area contributed by atoms with E-state index in [9.17, 15) is 13.2 Å². The molecule has 154 valence electrons. The molecule has 9 nitrogen and oxygen atoms in total. The average molecular weight is 417 g/mol. The topological polar surface area (TPSA) is 130 Å². The third kappa shape index (κ3) is 5.09. The molecule has 0 saturated carbocycles. The fraction of sp³-hybridized carbons (Fsp3) is 0.316. The Balaban J connectivity index is 1.85. The van der Waals surface area contributed by atoms with E-state index in [-0.39, 0.29) is 10.9 Å². The Labute approximate surface area is 169 Å². The molecule has 0 saturated heterocycles. The van der Waals surface area contributed by atoms with Crippen molar-refractivity contribution >= 4 is 15.9 Å². The Kier molecular flexibility index (Phi) is 5.58. The first kappa shape index (κ1) is 20.7. The van der Waals surface area contributed by atoms with Crippen molar-refractivity contribution in [2.75, 3.05) is 0 Å². The van der Waals surface area contributed by atoms with Crippen molar-refractivity contribution in [1.82, 2.24) is 25.2 Å². The number of nitrogens with one attached hydrogen (secondary N) is 3. The van der Waals surface area contributed by atoms with Crippen LogP contribution < -0.4 is 10.0 Å². The summed E-state index contributed by atoms with van der Waals surface area (Å²) in [6, 6.07) is 11.1. The van der Waals surface area contributed by atoms with Gasteiger partial charge in [-0.25, -0.2) is 18.1 Å². The highest BCUT2D eigenvalue weighted by molar-refractivity contribution is 7.89. The lowest BCUT2D eigenvalue weighted by molar-refractivity contribution is 0.0908. The smallest absolute Gasteiger partial charge is 0.287 e. The first-order valence-corrected chi connectivity index (χ1v) is 10.4. The number of aryl methyl sites for hydroxylation is 1. The Morgan fingerprint density at radius 2 is 1.83 bits per heavy atom. The van der Waals surface area contributed by atoms with E-state index in [2.05, 4.69) is 25.2 Å². The molecule has 10 heteroatoms. The monoisotopic (exact) mass is 417 g/mol.